The fourth-order valence-corrected chi connectivity index (χ4v) is 1.86. The number of rotatable bonds is 6. The number of aryl methyl sites for hydroxylation is 1. The Morgan fingerprint density at radius 1 is 1.41 bits per heavy atom. The van der Waals surface area contributed by atoms with Gasteiger partial charge in [0.1, 0.15) is 5.75 Å². The summed E-state index contributed by atoms with van der Waals surface area (Å²) in [5.74, 6) is 1.13. The lowest BCUT2D eigenvalue weighted by atomic mass is 9.97. The van der Waals surface area contributed by atoms with Gasteiger partial charge in [0.15, 0.2) is 0 Å². The molecule has 3 nitrogen and oxygen atoms in total. The lowest BCUT2D eigenvalue weighted by Gasteiger charge is -2.13. The number of hydrogen-bond donors (Lipinski definition) is 1. The predicted molar refractivity (Wildman–Crippen MR) is 69.2 cm³/mol. The quantitative estimate of drug-likeness (QED) is 0.824. The fraction of sp³-hybridized carbons (Fsp3) is 0.500. The summed E-state index contributed by atoms with van der Waals surface area (Å²) >= 11 is 0. The first-order valence-corrected chi connectivity index (χ1v) is 5.99. The monoisotopic (exact) mass is 235 g/mol. The third-order valence-corrected chi connectivity index (χ3v) is 2.80. The topological polar surface area (TPSA) is 52.3 Å². The minimum atomic E-state index is -0.234. The Bertz CT molecular complexity index is 386. The summed E-state index contributed by atoms with van der Waals surface area (Å²) in [6.45, 7) is 4.29. The molecule has 1 aromatic rings. The molecular weight excluding hydrogens is 214 g/mol. The molecule has 1 aromatic carbocycles. The molecule has 17 heavy (non-hydrogen) atoms. The summed E-state index contributed by atoms with van der Waals surface area (Å²) in [4.78, 5) is 10.7. The van der Waals surface area contributed by atoms with E-state index in [9.17, 15) is 4.79 Å². The zero-order valence-electron chi connectivity index (χ0n) is 10.8. The van der Waals surface area contributed by atoms with Gasteiger partial charge in [-0.3, -0.25) is 4.79 Å². The summed E-state index contributed by atoms with van der Waals surface area (Å²) in [7, 11) is 1.69. The van der Waals surface area contributed by atoms with Gasteiger partial charge < -0.3 is 10.5 Å². The molecule has 0 spiro atoms. The average molecular weight is 235 g/mol. The van der Waals surface area contributed by atoms with E-state index in [1.54, 1.807) is 7.11 Å². The van der Waals surface area contributed by atoms with Crippen molar-refractivity contribution in [1.29, 1.82) is 0 Å². The summed E-state index contributed by atoms with van der Waals surface area (Å²) in [6, 6.07) is 6.20. The first kappa shape index (κ1) is 13.6. The minimum Gasteiger partial charge on any atom is -0.496 e. The number of nitrogens with two attached hydrogens (primary N) is 1. The molecular formula is C14H21NO2. The van der Waals surface area contributed by atoms with Crippen LogP contribution in [-0.4, -0.2) is 13.0 Å². The molecule has 0 aliphatic heterocycles. The molecule has 0 saturated carbocycles. The molecule has 94 valence electrons. The number of carbonyl (C=O) groups excluding carboxylic acids is 1. The molecule has 0 aromatic heterocycles. The third-order valence-electron chi connectivity index (χ3n) is 2.80. The van der Waals surface area contributed by atoms with E-state index < -0.39 is 0 Å². The van der Waals surface area contributed by atoms with E-state index in [2.05, 4.69) is 19.9 Å². The van der Waals surface area contributed by atoms with E-state index in [4.69, 9.17) is 10.5 Å². The molecule has 2 N–H and O–H groups in total. The van der Waals surface area contributed by atoms with Crippen molar-refractivity contribution < 1.29 is 9.53 Å². The maximum atomic E-state index is 10.7. The van der Waals surface area contributed by atoms with E-state index in [0.29, 0.717) is 12.3 Å². The van der Waals surface area contributed by atoms with E-state index in [-0.39, 0.29) is 5.91 Å². The van der Waals surface area contributed by atoms with Gasteiger partial charge in [-0.05, 0) is 36.0 Å². The first-order valence-electron chi connectivity index (χ1n) is 5.99. The van der Waals surface area contributed by atoms with Crippen molar-refractivity contribution in [1.82, 2.24) is 0 Å². The molecule has 0 aliphatic carbocycles. The van der Waals surface area contributed by atoms with Crippen molar-refractivity contribution >= 4 is 5.91 Å². The van der Waals surface area contributed by atoms with E-state index in [1.165, 1.54) is 11.1 Å². The van der Waals surface area contributed by atoms with Gasteiger partial charge in [0.2, 0.25) is 5.91 Å². The normalized spacial score (nSPS) is 10.6. The van der Waals surface area contributed by atoms with Gasteiger partial charge in [0, 0.05) is 6.42 Å². The Morgan fingerprint density at radius 3 is 2.65 bits per heavy atom. The van der Waals surface area contributed by atoms with Crippen LogP contribution in [0.2, 0.25) is 0 Å². The lowest BCUT2D eigenvalue weighted by Crippen LogP contribution is -2.10. The SMILES string of the molecule is COc1ccc(CCCC(N)=O)cc1C(C)C. The maximum Gasteiger partial charge on any atom is 0.217 e. The molecule has 3 heteroatoms. The van der Waals surface area contributed by atoms with Crippen LogP contribution in [0.1, 0.15) is 43.7 Å². The molecule has 0 fully saturated rings. The molecule has 1 amide bonds. The first-order chi connectivity index (χ1) is 8.04. The highest BCUT2D eigenvalue weighted by Gasteiger charge is 2.08. The molecule has 0 heterocycles. The van der Waals surface area contributed by atoms with Crippen LogP contribution in [0, 0.1) is 0 Å². The highest BCUT2D eigenvalue weighted by Crippen LogP contribution is 2.27. The predicted octanol–water partition coefficient (Wildman–Crippen LogP) is 2.63. The van der Waals surface area contributed by atoms with Crippen molar-refractivity contribution in [2.75, 3.05) is 7.11 Å². The number of carbonyl (C=O) groups is 1. The number of methoxy groups -OCH3 is 1. The molecule has 1 rings (SSSR count). The van der Waals surface area contributed by atoms with Crippen molar-refractivity contribution in [2.24, 2.45) is 5.73 Å². The van der Waals surface area contributed by atoms with Gasteiger partial charge in [-0.1, -0.05) is 26.0 Å². The zero-order chi connectivity index (χ0) is 12.8. The van der Waals surface area contributed by atoms with Gasteiger partial charge >= 0.3 is 0 Å². The Balaban J connectivity index is 2.74. The molecule has 0 radical (unpaired) electrons. The van der Waals surface area contributed by atoms with Crippen LogP contribution in [0.25, 0.3) is 0 Å². The second-order valence-electron chi connectivity index (χ2n) is 4.55. The Morgan fingerprint density at radius 2 is 2.12 bits per heavy atom. The standard InChI is InChI=1S/C14H21NO2/c1-10(2)12-9-11(5-4-6-14(15)16)7-8-13(12)17-3/h7-10H,4-6H2,1-3H3,(H2,15,16). The Hall–Kier alpha value is -1.51. The van der Waals surface area contributed by atoms with E-state index in [0.717, 1.165) is 18.6 Å². The Kier molecular flexibility index (Phi) is 5.01. The van der Waals surface area contributed by atoms with Crippen LogP contribution in [-0.2, 0) is 11.2 Å². The summed E-state index contributed by atoms with van der Waals surface area (Å²) < 4.78 is 5.33. The summed E-state index contributed by atoms with van der Waals surface area (Å²) in [5, 5.41) is 0. The second-order valence-corrected chi connectivity index (χ2v) is 4.55. The smallest absolute Gasteiger partial charge is 0.217 e. The van der Waals surface area contributed by atoms with Crippen LogP contribution in [0.5, 0.6) is 5.75 Å². The zero-order valence-corrected chi connectivity index (χ0v) is 10.8. The molecule has 0 bridgehead atoms. The number of primary amides is 1. The number of benzene rings is 1. The van der Waals surface area contributed by atoms with Gasteiger partial charge in [-0.2, -0.15) is 0 Å². The van der Waals surface area contributed by atoms with Crippen LogP contribution in [0.15, 0.2) is 18.2 Å². The van der Waals surface area contributed by atoms with Crippen LogP contribution >= 0.6 is 0 Å². The summed E-state index contributed by atoms with van der Waals surface area (Å²) in [5.41, 5.74) is 7.57. The number of hydrogen-bond acceptors (Lipinski definition) is 2. The molecule has 0 unspecified atom stereocenters. The van der Waals surface area contributed by atoms with Crippen molar-refractivity contribution in [2.45, 2.75) is 39.0 Å². The van der Waals surface area contributed by atoms with Crippen molar-refractivity contribution in [3.63, 3.8) is 0 Å². The summed E-state index contributed by atoms with van der Waals surface area (Å²) in [6.07, 6.45) is 2.13. The van der Waals surface area contributed by atoms with Gasteiger partial charge in [-0.25, -0.2) is 0 Å². The number of amides is 1. The number of ether oxygens (including phenoxy) is 1. The van der Waals surface area contributed by atoms with Crippen LogP contribution in [0.3, 0.4) is 0 Å². The maximum absolute atomic E-state index is 10.7. The third kappa shape index (κ3) is 4.10. The molecule has 0 aliphatic rings. The van der Waals surface area contributed by atoms with Gasteiger partial charge in [-0.15, -0.1) is 0 Å². The molecule has 0 saturated heterocycles. The van der Waals surface area contributed by atoms with E-state index in [1.807, 2.05) is 12.1 Å². The average Bonchev–Trinajstić information content (AvgIpc) is 2.28. The van der Waals surface area contributed by atoms with Crippen LogP contribution < -0.4 is 10.5 Å². The minimum absolute atomic E-state index is 0.234. The second kappa shape index (κ2) is 6.28. The fourth-order valence-electron chi connectivity index (χ4n) is 1.86. The van der Waals surface area contributed by atoms with Gasteiger partial charge in [0.05, 0.1) is 7.11 Å². The largest absolute Gasteiger partial charge is 0.496 e. The lowest BCUT2D eigenvalue weighted by molar-refractivity contribution is -0.118. The van der Waals surface area contributed by atoms with Crippen LogP contribution in [0.4, 0.5) is 0 Å². The van der Waals surface area contributed by atoms with E-state index >= 15 is 0 Å². The highest BCUT2D eigenvalue weighted by molar-refractivity contribution is 5.73. The van der Waals surface area contributed by atoms with Crippen molar-refractivity contribution in [3.05, 3.63) is 29.3 Å². The molecule has 0 atom stereocenters. The highest BCUT2D eigenvalue weighted by atomic mass is 16.5. The van der Waals surface area contributed by atoms with Crippen molar-refractivity contribution in [3.8, 4) is 5.75 Å². The van der Waals surface area contributed by atoms with Gasteiger partial charge in [0.25, 0.3) is 0 Å². The Labute approximate surface area is 103 Å².